The number of rotatable bonds is 3. The monoisotopic (exact) mass is 246 g/mol. The van der Waals surface area contributed by atoms with Crippen LogP contribution in [0, 0.1) is 23.1 Å². The van der Waals surface area contributed by atoms with Gasteiger partial charge in [-0.15, -0.1) is 0 Å². The van der Waals surface area contributed by atoms with Crippen molar-refractivity contribution in [2.45, 2.75) is 6.61 Å². The summed E-state index contributed by atoms with van der Waals surface area (Å²) in [5, 5.41) is 8.85. The third kappa shape index (κ3) is 2.61. The molecular formula is C13H8F2N2O. The Morgan fingerprint density at radius 2 is 2.11 bits per heavy atom. The largest absolute Gasteiger partial charge is 0.484 e. The predicted molar refractivity (Wildman–Crippen MR) is 59.6 cm³/mol. The summed E-state index contributed by atoms with van der Waals surface area (Å²) in [5.41, 5.74) is 0.654. The molecule has 0 amide bonds. The molecule has 3 nitrogen and oxygen atoms in total. The second-order valence-electron chi connectivity index (χ2n) is 3.49. The Bertz CT molecular complexity index is 608. The number of halogens is 2. The van der Waals surface area contributed by atoms with Gasteiger partial charge in [0.15, 0.2) is 5.75 Å². The first-order chi connectivity index (χ1) is 8.70. The van der Waals surface area contributed by atoms with Crippen molar-refractivity contribution in [1.29, 1.82) is 5.26 Å². The minimum atomic E-state index is -0.743. The highest BCUT2D eigenvalue weighted by Crippen LogP contribution is 2.17. The molecule has 0 atom stereocenters. The lowest BCUT2D eigenvalue weighted by Crippen LogP contribution is -2.01. The quantitative estimate of drug-likeness (QED) is 0.782. The maximum absolute atomic E-state index is 13.2. The van der Waals surface area contributed by atoms with E-state index in [4.69, 9.17) is 10.00 Å². The molecule has 1 aromatic carbocycles. The van der Waals surface area contributed by atoms with Crippen LogP contribution in [0.1, 0.15) is 11.1 Å². The molecule has 0 radical (unpaired) electrons. The zero-order valence-corrected chi connectivity index (χ0v) is 9.23. The van der Waals surface area contributed by atoms with Crippen LogP contribution in [0.25, 0.3) is 0 Å². The molecule has 2 aromatic rings. The maximum atomic E-state index is 13.2. The van der Waals surface area contributed by atoms with E-state index in [1.165, 1.54) is 36.5 Å². The molecule has 0 unspecified atom stereocenters. The van der Waals surface area contributed by atoms with E-state index in [1.54, 1.807) is 0 Å². The zero-order valence-electron chi connectivity index (χ0n) is 9.23. The summed E-state index contributed by atoms with van der Waals surface area (Å²) in [6, 6.07) is 8.58. The van der Waals surface area contributed by atoms with Crippen LogP contribution in [-0.4, -0.2) is 4.98 Å². The fourth-order valence-electron chi connectivity index (χ4n) is 1.43. The van der Waals surface area contributed by atoms with E-state index in [2.05, 4.69) is 4.98 Å². The van der Waals surface area contributed by atoms with Crippen molar-refractivity contribution in [3.63, 3.8) is 0 Å². The molecule has 0 N–H and O–H groups in total. The molecule has 0 fully saturated rings. The van der Waals surface area contributed by atoms with E-state index in [0.29, 0.717) is 11.1 Å². The normalized spacial score (nSPS) is 9.83. The molecule has 1 aromatic heterocycles. The van der Waals surface area contributed by atoms with Gasteiger partial charge in [0.1, 0.15) is 12.4 Å². The van der Waals surface area contributed by atoms with Gasteiger partial charge < -0.3 is 4.74 Å². The molecule has 2 rings (SSSR count). The van der Waals surface area contributed by atoms with Gasteiger partial charge in [0.25, 0.3) is 5.95 Å². The van der Waals surface area contributed by atoms with E-state index >= 15 is 0 Å². The average Bonchev–Trinajstić information content (AvgIpc) is 2.38. The van der Waals surface area contributed by atoms with Crippen LogP contribution in [-0.2, 0) is 6.61 Å². The van der Waals surface area contributed by atoms with Gasteiger partial charge in [0, 0.05) is 11.8 Å². The summed E-state index contributed by atoms with van der Waals surface area (Å²) in [7, 11) is 0. The number of aromatic nitrogens is 1. The number of hydrogen-bond donors (Lipinski definition) is 0. The van der Waals surface area contributed by atoms with Gasteiger partial charge in [-0.05, 0) is 30.3 Å². The summed E-state index contributed by atoms with van der Waals surface area (Å²) < 4.78 is 31.4. The highest BCUT2D eigenvalue weighted by atomic mass is 19.1. The van der Waals surface area contributed by atoms with Crippen molar-refractivity contribution in [3.05, 3.63) is 59.4 Å². The first-order valence-electron chi connectivity index (χ1n) is 5.12. The highest BCUT2D eigenvalue weighted by molar-refractivity contribution is 5.37. The minimum Gasteiger partial charge on any atom is -0.484 e. The number of nitriles is 1. The average molecular weight is 246 g/mol. The number of hydrogen-bond acceptors (Lipinski definition) is 3. The standard InChI is InChI=1S/C13H8F2N2O/c14-11-4-3-9(7-16)10(6-11)8-18-12-2-1-5-17-13(12)15/h1-6H,8H2. The molecule has 0 saturated carbocycles. The summed E-state index contributed by atoms with van der Waals surface area (Å²) in [6.45, 7) is -0.0940. The minimum absolute atomic E-state index is 0.0364. The van der Waals surface area contributed by atoms with Gasteiger partial charge in [-0.25, -0.2) is 9.37 Å². The Kier molecular flexibility index (Phi) is 3.49. The van der Waals surface area contributed by atoms with Gasteiger partial charge in [0.2, 0.25) is 0 Å². The second-order valence-corrected chi connectivity index (χ2v) is 3.49. The second kappa shape index (κ2) is 5.23. The van der Waals surface area contributed by atoms with Gasteiger partial charge in [0.05, 0.1) is 11.6 Å². The van der Waals surface area contributed by atoms with E-state index < -0.39 is 11.8 Å². The Morgan fingerprint density at radius 1 is 1.28 bits per heavy atom. The Hall–Kier alpha value is -2.48. The van der Waals surface area contributed by atoms with Gasteiger partial charge in [-0.2, -0.15) is 9.65 Å². The molecule has 0 spiro atoms. The van der Waals surface area contributed by atoms with Crippen LogP contribution in [0.5, 0.6) is 5.75 Å². The summed E-state index contributed by atoms with van der Waals surface area (Å²) in [6.07, 6.45) is 1.30. The molecule has 0 aliphatic heterocycles. The molecule has 0 aliphatic rings. The van der Waals surface area contributed by atoms with Crippen molar-refractivity contribution in [2.24, 2.45) is 0 Å². The van der Waals surface area contributed by atoms with Crippen molar-refractivity contribution < 1.29 is 13.5 Å². The van der Waals surface area contributed by atoms with Crippen LogP contribution < -0.4 is 4.74 Å². The molecule has 0 aliphatic carbocycles. The van der Waals surface area contributed by atoms with Crippen LogP contribution in [0.2, 0.25) is 0 Å². The van der Waals surface area contributed by atoms with Crippen LogP contribution >= 0.6 is 0 Å². The molecule has 1 heterocycles. The van der Waals surface area contributed by atoms with Crippen molar-refractivity contribution in [3.8, 4) is 11.8 Å². The number of nitrogens with zero attached hydrogens (tertiary/aromatic N) is 2. The first kappa shape index (κ1) is 12.0. The topological polar surface area (TPSA) is 45.9 Å². The molecule has 18 heavy (non-hydrogen) atoms. The molecule has 5 heteroatoms. The Balaban J connectivity index is 2.18. The van der Waals surface area contributed by atoms with E-state index in [-0.39, 0.29) is 12.4 Å². The lowest BCUT2D eigenvalue weighted by atomic mass is 10.1. The zero-order chi connectivity index (χ0) is 13.0. The lowest BCUT2D eigenvalue weighted by molar-refractivity contribution is 0.285. The third-order valence-electron chi connectivity index (χ3n) is 2.30. The molecular weight excluding hydrogens is 238 g/mol. The summed E-state index contributed by atoms with van der Waals surface area (Å²) in [4.78, 5) is 3.42. The van der Waals surface area contributed by atoms with Crippen LogP contribution in [0.3, 0.4) is 0 Å². The highest BCUT2D eigenvalue weighted by Gasteiger charge is 2.07. The van der Waals surface area contributed by atoms with E-state index in [1.807, 2.05) is 6.07 Å². The van der Waals surface area contributed by atoms with Gasteiger partial charge in [-0.1, -0.05) is 0 Å². The van der Waals surface area contributed by atoms with Crippen molar-refractivity contribution in [2.75, 3.05) is 0 Å². The lowest BCUT2D eigenvalue weighted by Gasteiger charge is -2.07. The summed E-state index contributed by atoms with van der Waals surface area (Å²) in [5.74, 6) is -1.25. The van der Waals surface area contributed by atoms with Gasteiger partial charge >= 0.3 is 0 Å². The van der Waals surface area contributed by atoms with Crippen LogP contribution in [0.4, 0.5) is 8.78 Å². The number of pyridine rings is 1. The molecule has 0 bridgehead atoms. The fraction of sp³-hybridized carbons (Fsp3) is 0.0769. The van der Waals surface area contributed by atoms with Crippen molar-refractivity contribution >= 4 is 0 Å². The molecule has 90 valence electrons. The first-order valence-corrected chi connectivity index (χ1v) is 5.12. The summed E-state index contributed by atoms with van der Waals surface area (Å²) >= 11 is 0. The Labute approximate surface area is 102 Å². The number of ether oxygens (including phenoxy) is 1. The smallest absolute Gasteiger partial charge is 0.255 e. The van der Waals surface area contributed by atoms with E-state index in [0.717, 1.165) is 0 Å². The van der Waals surface area contributed by atoms with Gasteiger partial charge in [-0.3, -0.25) is 0 Å². The third-order valence-corrected chi connectivity index (χ3v) is 2.30. The maximum Gasteiger partial charge on any atom is 0.255 e. The predicted octanol–water partition coefficient (Wildman–Crippen LogP) is 2.81. The number of benzene rings is 1. The molecule has 0 saturated heterocycles. The fourth-order valence-corrected chi connectivity index (χ4v) is 1.43. The SMILES string of the molecule is N#Cc1ccc(F)cc1COc1cccnc1F. The Morgan fingerprint density at radius 3 is 2.83 bits per heavy atom. The van der Waals surface area contributed by atoms with E-state index in [9.17, 15) is 8.78 Å². The van der Waals surface area contributed by atoms with Crippen molar-refractivity contribution in [1.82, 2.24) is 4.98 Å². The van der Waals surface area contributed by atoms with Crippen LogP contribution in [0.15, 0.2) is 36.5 Å².